The number of H-pyrrole nitrogens is 1. The SMILES string of the molecule is Clc1cncnc1NCc1ccc(-c2ccn[nH]2)cc1. The predicted molar refractivity (Wildman–Crippen MR) is 78.4 cm³/mol. The minimum atomic E-state index is 0.515. The molecule has 3 aromatic rings. The molecule has 20 heavy (non-hydrogen) atoms. The van der Waals surface area contributed by atoms with Gasteiger partial charge in [-0.25, -0.2) is 9.97 Å². The molecule has 0 aliphatic rings. The van der Waals surface area contributed by atoms with E-state index in [-0.39, 0.29) is 0 Å². The Balaban J connectivity index is 1.68. The van der Waals surface area contributed by atoms with Gasteiger partial charge in [-0.05, 0) is 17.2 Å². The highest BCUT2D eigenvalue weighted by atomic mass is 35.5. The van der Waals surface area contributed by atoms with Crippen molar-refractivity contribution >= 4 is 17.4 Å². The van der Waals surface area contributed by atoms with E-state index >= 15 is 0 Å². The van der Waals surface area contributed by atoms with E-state index in [1.54, 1.807) is 12.4 Å². The second kappa shape index (κ2) is 5.71. The molecular formula is C14H12ClN5. The number of benzene rings is 1. The van der Waals surface area contributed by atoms with Crippen LogP contribution in [0.1, 0.15) is 5.56 Å². The van der Waals surface area contributed by atoms with Gasteiger partial charge in [-0.2, -0.15) is 5.10 Å². The third kappa shape index (κ3) is 2.78. The van der Waals surface area contributed by atoms with Crippen LogP contribution in [0, 0.1) is 0 Å². The fourth-order valence-corrected chi connectivity index (χ4v) is 2.02. The van der Waals surface area contributed by atoms with Crippen molar-refractivity contribution in [3.63, 3.8) is 0 Å². The highest BCUT2D eigenvalue weighted by Gasteiger charge is 2.02. The third-order valence-corrected chi connectivity index (χ3v) is 3.17. The lowest BCUT2D eigenvalue weighted by molar-refractivity contribution is 1.08. The van der Waals surface area contributed by atoms with Gasteiger partial charge in [0.25, 0.3) is 0 Å². The Bertz CT molecular complexity index is 679. The standard InChI is InChI=1S/C14H12ClN5/c15-12-8-16-9-18-14(12)17-7-10-1-3-11(4-2-10)13-5-6-19-20-13/h1-6,8-9H,7H2,(H,19,20)(H,16,17,18). The van der Waals surface area contributed by atoms with Crippen LogP contribution in [-0.4, -0.2) is 20.2 Å². The summed E-state index contributed by atoms with van der Waals surface area (Å²) < 4.78 is 0. The minimum absolute atomic E-state index is 0.515. The van der Waals surface area contributed by atoms with Crippen LogP contribution in [-0.2, 0) is 6.54 Å². The maximum absolute atomic E-state index is 5.98. The normalized spacial score (nSPS) is 10.4. The van der Waals surface area contributed by atoms with Gasteiger partial charge in [-0.3, -0.25) is 5.10 Å². The summed E-state index contributed by atoms with van der Waals surface area (Å²) in [5.74, 6) is 0.638. The summed E-state index contributed by atoms with van der Waals surface area (Å²) in [5.41, 5.74) is 3.25. The predicted octanol–water partition coefficient (Wildman–Crippen LogP) is 3.13. The molecule has 2 N–H and O–H groups in total. The molecule has 100 valence electrons. The van der Waals surface area contributed by atoms with Crippen molar-refractivity contribution in [3.8, 4) is 11.3 Å². The molecule has 1 aromatic carbocycles. The molecule has 2 aromatic heterocycles. The van der Waals surface area contributed by atoms with E-state index in [2.05, 4.69) is 37.6 Å². The van der Waals surface area contributed by atoms with Crippen molar-refractivity contribution in [2.45, 2.75) is 6.54 Å². The lowest BCUT2D eigenvalue weighted by atomic mass is 10.1. The molecule has 0 bridgehead atoms. The van der Waals surface area contributed by atoms with E-state index in [4.69, 9.17) is 11.6 Å². The second-order valence-electron chi connectivity index (χ2n) is 4.24. The maximum Gasteiger partial charge on any atom is 0.148 e. The fraction of sp³-hybridized carbons (Fsp3) is 0.0714. The Hall–Kier alpha value is -2.40. The molecule has 0 aliphatic heterocycles. The number of nitrogens with one attached hydrogen (secondary N) is 2. The molecule has 2 heterocycles. The summed E-state index contributed by atoms with van der Waals surface area (Å²) in [6.45, 7) is 0.653. The molecule has 0 unspecified atom stereocenters. The molecule has 0 aliphatic carbocycles. The Morgan fingerprint density at radius 3 is 2.70 bits per heavy atom. The van der Waals surface area contributed by atoms with Crippen molar-refractivity contribution in [2.75, 3.05) is 5.32 Å². The van der Waals surface area contributed by atoms with Gasteiger partial charge in [0.1, 0.15) is 17.2 Å². The Morgan fingerprint density at radius 1 is 1.15 bits per heavy atom. The van der Waals surface area contributed by atoms with Gasteiger partial charge in [0.15, 0.2) is 0 Å². The number of aromatic amines is 1. The average molecular weight is 286 g/mol. The van der Waals surface area contributed by atoms with Crippen molar-refractivity contribution in [3.05, 3.63) is 59.6 Å². The van der Waals surface area contributed by atoms with Gasteiger partial charge in [0.05, 0.1) is 11.9 Å². The van der Waals surface area contributed by atoms with Crippen molar-refractivity contribution in [2.24, 2.45) is 0 Å². The molecule has 0 atom stereocenters. The highest BCUT2D eigenvalue weighted by Crippen LogP contribution is 2.19. The van der Waals surface area contributed by atoms with Crippen LogP contribution in [0.2, 0.25) is 5.02 Å². The Labute approximate surface area is 121 Å². The number of halogens is 1. The molecular weight excluding hydrogens is 274 g/mol. The number of hydrogen-bond donors (Lipinski definition) is 2. The molecule has 5 nitrogen and oxygen atoms in total. The first kappa shape index (κ1) is 12.6. The van der Waals surface area contributed by atoms with Crippen molar-refractivity contribution in [1.29, 1.82) is 0 Å². The van der Waals surface area contributed by atoms with Crippen LogP contribution in [0.5, 0.6) is 0 Å². The van der Waals surface area contributed by atoms with Crippen molar-refractivity contribution < 1.29 is 0 Å². The first-order valence-electron chi connectivity index (χ1n) is 6.11. The van der Waals surface area contributed by atoms with Crippen LogP contribution in [0.3, 0.4) is 0 Å². The average Bonchev–Trinajstić information content (AvgIpc) is 3.01. The van der Waals surface area contributed by atoms with E-state index in [1.165, 1.54) is 6.33 Å². The first-order valence-corrected chi connectivity index (χ1v) is 6.49. The fourth-order valence-electron chi connectivity index (χ4n) is 1.85. The molecule has 0 amide bonds. The van der Waals surface area contributed by atoms with Crippen LogP contribution in [0.4, 0.5) is 5.82 Å². The lowest BCUT2D eigenvalue weighted by Gasteiger charge is -2.07. The Kier molecular flexibility index (Phi) is 3.60. The quantitative estimate of drug-likeness (QED) is 0.773. The zero-order valence-electron chi connectivity index (χ0n) is 10.5. The largest absolute Gasteiger partial charge is 0.365 e. The molecule has 6 heteroatoms. The molecule has 0 saturated carbocycles. The van der Waals surface area contributed by atoms with Crippen LogP contribution >= 0.6 is 11.6 Å². The summed E-state index contributed by atoms with van der Waals surface area (Å²) in [6, 6.07) is 10.1. The highest BCUT2D eigenvalue weighted by molar-refractivity contribution is 6.32. The van der Waals surface area contributed by atoms with Gasteiger partial charge >= 0.3 is 0 Å². The molecule has 3 rings (SSSR count). The van der Waals surface area contributed by atoms with Gasteiger partial charge in [0, 0.05) is 12.7 Å². The summed E-state index contributed by atoms with van der Waals surface area (Å²) in [5, 5.41) is 10.6. The van der Waals surface area contributed by atoms with Gasteiger partial charge in [-0.15, -0.1) is 0 Å². The van der Waals surface area contributed by atoms with Crippen LogP contribution < -0.4 is 5.32 Å². The van der Waals surface area contributed by atoms with E-state index in [0.29, 0.717) is 17.4 Å². The van der Waals surface area contributed by atoms with Crippen LogP contribution in [0.15, 0.2) is 49.1 Å². The van der Waals surface area contributed by atoms with Crippen molar-refractivity contribution in [1.82, 2.24) is 20.2 Å². The number of anilines is 1. The van der Waals surface area contributed by atoms with E-state index in [1.807, 2.05) is 18.2 Å². The van der Waals surface area contributed by atoms with Crippen LogP contribution in [0.25, 0.3) is 11.3 Å². The smallest absolute Gasteiger partial charge is 0.148 e. The second-order valence-corrected chi connectivity index (χ2v) is 4.65. The van der Waals surface area contributed by atoms with E-state index < -0.39 is 0 Å². The number of rotatable bonds is 4. The first-order chi connectivity index (χ1) is 9.83. The van der Waals surface area contributed by atoms with Gasteiger partial charge in [-0.1, -0.05) is 35.9 Å². The summed E-state index contributed by atoms with van der Waals surface area (Å²) >= 11 is 5.98. The van der Waals surface area contributed by atoms with E-state index in [9.17, 15) is 0 Å². The third-order valence-electron chi connectivity index (χ3n) is 2.89. The maximum atomic E-state index is 5.98. The number of hydrogen-bond acceptors (Lipinski definition) is 4. The molecule has 0 spiro atoms. The Morgan fingerprint density at radius 2 is 2.00 bits per heavy atom. The lowest BCUT2D eigenvalue weighted by Crippen LogP contribution is -2.02. The van der Waals surface area contributed by atoms with Gasteiger partial charge < -0.3 is 5.32 Å². The summed E-state index contributed by atoms with van der Waals surface area (Å²) in [7, 11) is 0. The molecule has 0 fully saturated rings. The number of nitrogens with zero attached hydrogens (tertiary/aromatic N) is 3. The number of aromatic nitrogens is 4. The topological polar surface area (TPSA) is 66.5 Å². The monoisotopic (exact) mass is 285 g/mol. The minimum Gasteiger partial charge on any atom is -0.365 e. The molecule has 0 radical (unpaired) electrons. The zero-order valence-corrected chi connectivity index (χ0v) is 11.3. The summed E-state index contributed by atoms with van der Waals surface area (Å²) in [4.78, 5) is 7.93. The van der Waals surface area contributed by atoms with Gasteiger partial charge in [0.2, 0.25) is 0 Å². The zero-order chi connectivity index (χ0) is 13.8. The molecule has 0 saturated heterocycles. The summed E-state index contributed by atoms with van der Waals surface area (Å²) in [6.07, 6.45) is 4.77. The van der Waals surface area contributed by atoms with E-state index in [0.717, 1.165) is 16.8 Å².